The summed E-state index contributed by atoms with van der Waals surface area (Å²) in [4.78, 5) is 11.5. The fraction of sp³-hybridized carbons (Fsp3) is 0.364. The maximum absolute atomic E-state index is 12.8. The van der Waals surface area contributed by atoms with Crippen molar-refractivity contribution in [3.05, 3.63) is 29.3 Å². The van der Waals surface area contributed by atoms with Crippen LogP contribution in [0.15, 0.2) is 18.2 Å². The van der Waals surface area contributed by atoms with Gasteiger partial charge in [-0.2, -0.15) is 22.0 Å². The number of carbonyl (C=O) groups is 1. The van der Waals surface area contributed by atoms with E-state index in [1.54, 1.807) is 0 Å². The molecular formula is C11H8BrF5O2. The number of hydrogen-bond donors (Lipinski definition) is 0. The Kier molecular flexibility index (Phi) is 5.28. The van der Waals surface area contributed by atoms with E-state index in [-0.39, 0.29) is 11.8 Å². The quantitative estimate of drug-likeness (QED) is 0.452. The maximum atomic E-state index is 12.8. The molecular weight excluding hydrogens is 339 g/mol. The third-order valence-electron chi connectivity index (χ3n) is 2.14. The predicted molar refractivity (Wildman–Crippen MR) is 60.8 cm³/mol. The molecule has 0 aliphatic rings. The highest BCUT2D eigenvalue weighted by atomic mass is 79.9. The summed E-state index contributed by atoms with van der Waals surface area (Å²) in [6, 6.07) is 2.14. The van der Waals surface area contributed by atoms with E-state index >= 15 is 0 Å². The van der Waals surface area contributed by atoms with Crippen molar-refractivity contribution in [2.24, 2.45) is 0 Å². The zero-order valence-corrected chi connectivity index (χ0v) is 10.9. The summed E-state index contributed by atoms with van der Waals surface area (Å²) in [5.74, 6) is -1.37. The molecule has 0 N–H and O–H groups in total. The fourth-order valence-electron chi connectivity index (χ4n) is 1.40. The number of Topliss-reactive ketones (excluding diaryl/α,β-unsaturated/α-hetero) is 1. The van der Waals surface area contributed by atoms with Crippen molar-refractivity contribution in [2.75, 3.05) is 5.33 Å². The van der Waals surface area contributed by atoms with Crippen LogP contribution >= 0.6 is 15.9 Å². The zero-order valence-electron chi connectivity index (χ0n) is 9.31. The first-order valence-corrected chi connectivity index (χ1v) is 6.13. The molecule has 1 aromatic carbocycles. The monoisotopic (exact) mass is 346 g/mol. The van der Waals surface area contributed by atoms with Crippen LogP contribution in [0.25, 0.3) is 0 Å². The summed E-state index contributed by atoms with van der Waals surface area (Å²) in [7, 11) is 0. The van der Waals surface area contributed by atoms with Crippen molar-refractivity contribution in [3.8, 4) is 5.75 Å². The molecule has 8 heteroatoms. The first kappa shape index (κ1) is 15.9. The number of carbonyl (C=O) groups excluding carboxylic acids is 1. The summed E-state index contributed by atoms with van der Waals surface area (Å²) >= 11 is 2.94. The average molecular weight is 347 g/mol. The Morgan fingerprint density at radius 3 is 2.42 bits per heavy atom. The van der Waals surface area contributed by atoms with Crippen LogP contribution in [0.3, 0.4) is 0 Å². The molecule has 0 aliphatic carbocycles. The van der Waals surface area contributed by atoms with Crippen LogP contribution in [0.5, 0.6) is 5.75 Å². The molecule has 2 nitrogen and oxygen atoms in total. The Labute approximate surface area is 113 Å². The van der Waals surface area contributed by atoms with E-state index in [4.69, 9.17) is 0 Å². The number of benzene rings is 1. The minimum atomic E-state index is -4.82. The summed E-state index contributed by atoms with van der Waals surface area (Å²) in [5.41, 5.74) is -1.84. The molecule has 0 spiro atoms. The number of rotatable bonds is 5. The highest BCUT2D eigenvalue weighted by Gasteiger charge is 2.35. The summed E-state index contributed by atoms with van der Waals surface area (Å²) < 4.78 is 66.1. The number of ether oxygens (including phenoxy) is 1. The molecule has 0 unspecified atom stereocenters. The van der Waals surface area contributed by atoms with Gasteiger partial charge in [0.15, 0.2) is 5.78 Å². The van der Waals surface area contributed by atoms with Crippen LogP contribution in [-0.4, -0.2) is 17.7 Å². The van der Waals surface area contributed by atoms with Gasteiger partial charge in [0.1, 0.15) is 5.75 Å². The molecule has 0 amide bonds. The van der Waals surface area contributed by atoms with Crippen LogP contribution in [0.4, 0.5) is 22.0 Å². The first-order chi connectivity index (χ1) is 8.75. The minimum Gasteiger partial charge on any atom is -0.435 e. The van der Waals surface area contributed by atoms with Gasteiger partial charge < -0.3 is 4.74 Å². The number of ketones is 1. The second kappa shape index (κ2) is 6.31. The van der Waals surface area contributed by atoms with Gasteiger partial charge in [-0.25, -0.2) is 0 Å². The average Bonchev–Trinajstić information content (AvgIpc) is 2.27. The van der Waals surface area contributed by atoms with Crippen molar-refractivity contribution >= 4 is 21.7 Å². The van der Waals surface area contributed by atoms with Crippen molar-refractivity contribution in [1.82, 2.24) is 0 Å². The van der Waals surface area contributed by atoms with Crippen molar-refractivity contribution in [1.29, 1.82) is 0 Å². The van der Waals surface area contributed by atoms with Gasteiger partial charge >= 0.3 is 12.8 Å². The normalized spacial score (nSPS) is 11.7. The summed E-state index contributed by atoms with van der Waals surface area (Å²) in [6.45, 7) is -3.23. The molecule has 0 aromatic heterocycles. The summed E-state index contributed by atoms with van der Waals surface area (Å²) in [5, 5.41) is 0.207. The Bertz CT molecular complexity index is 459. The van der Waals surface area contributed by atoms with E-state index < -0.39 is 35.4 Å². The standard InChI is InChI=1S/C11H8BrF5O2/c12-4-3-9(18)7-2-1-6(19-10(13)14)5-8(7)11(15,16)17/h1-2,5,10H,3-4H2. The van der Waals surface area contributed by atoms with Crippen LogP contribution in [0, 0.1) is 0 Å². The predicted octanol–water partition coefficient (Wildman–Crippen LogP) is 4.27. The minimum absolute atomic E-state index is 0.127. The summed E-state index contributed by atoms with van der Waals surface area (Å²) in [6.07, 6.45) is -4.95. The Morgan fingerprint density at radius 1 is 1.32 bits per heavy atom. The Balaban J connectivity index is 3.21. The van der Waals surface area contributed by atoms with Gasteiger partial charge in [-0.1, -0.05) is 15.9 Å². The molecule has 106 valence electrons. The van der Waals surface area contributed by atoms with E-state index in [0.717, 1.165) is 12.1 Å². The lowest BCUT2D eigenvalue weighted by Gasteiger charge is -2.14. The van der Waals surface area contributed by atoms with Crippen LogP contribution < -0.4 is 4.74 Å². The van der Waals surface area contributed by atoms with Crippen molar-refractivity contribution in [3.63, 3.8) is 0 Å². The molecule has 19 heavy (non-hydrogen) atoms. The molecule has 0 saturated carbocycles. The van der Waals surface area contributed by atoms with Crippen LogP contribution in [-0.2, 0) is 6.18 Å². The fourth-order valence-corrected chi connectivity index (χ4v) is 1.76. The van der Waals surface area contributed by atoms with E-state index in [9.17, 15) is 26.7 Å². The Hall–Kier alpha value is -1.18. The largest absolute Gasteiger partial charge is 0.435 e. The second-order valence-corrected chi connectivity index (χ2v) is 4.24. The van der Waals surface area contributed by atoms with Gasteiger partial charge in [0, 0.05) is 17.3 Å². The zero-order chi connectivity index (χ0) is 14.6. The second-order valence-electron chi connectivity index (χ2n) is 3.45. The van der Waals surface area contributed by atoms with E-state index in [1.165, 1.54) is 0 Å². The maximum Gasteiger partial charge on any atom is 0.417 e. The van der Waals surface area contributed by atoms with Gasteiger partial charge in [-0.3, -0.25) is 4.79 Å². The van der Waals surface area contributed by atoms with Gasteiger partial charge in [0.25, 0.3) is 0 Å². The molecule has 0 saturated heterocycles. The van der Waals surface area contributed by atoms with E-state index in [0.29, 0.717) is 6.07 Å². The number of alkyl halides is 6. The molecule has 0 fully saturated rings. The molecule has 0 bridgehead atoms. The molecule has 0 atom stereocenters. The molecule has 1 aromatic rings. The van der Waals surface area contributed by atoms with Crippen LogP contribution in [0.2, 0.25) is 0 Å². The third-order valence-corrected chi connectivity index (χ3v) is 2.54. The smallest absolute Gasteiger partial charge is 0.417 e. The topological polar surface area (TPSA) is 26.3 Å². The SMILES string of the molecule is O=C(CCBr)c1ccc(OC(F)F)cc1C(F)(F)F. The molecule has 0 radical (unpaired) electrons. The van der Waals surface area contributed by atoms with Gasteiger partial charge in [-0.05, 0) is 18.2 Å². The lowest BCUT2D eigenvalue weighted by molar-refractivity contribution is -0.138. The highest BCUT2D eigenvalue weighted by Crippen LogP contribution is 2.35. The lowest BCUT2D eigenvalue weighted by Crippen LogP contribution is -2.14. The Morgan fingerprint density at radius 2 is 1.95 bits per heavy atom. The van der Waals surface area contributed by atoms with Gasteiger partial charge in [0.05, 0.1) is 5.56 Å². The van der Waals surface area contributed by atoms with Crippen molar-refractivity contribution in [2.45, 2.75) is 19.2 Å². The third kappa shape index (κ3) is 4.45. The number of halogens is 6. The van der Waals surface area contributed by atoms with Gasteiger partial charge in [0.2, 0.25) is 0 Å². The van der Waals surface area contributed by atoms with Gasteiger partial charge in [-0.15, -0.1) is 0 Å². The molecule has 0 aliphatic heterocycles. The number of hydrogen-bond acceptors (Lipinski definition) is 2. The molecule has 0 heterocycles. The van der Waals surface area contributed by atoms with E-state index in [2.05, 4.69) is 20.7 Å². The lowest BCUT2D eigenvalue weighted by atomic mass is 10.0. The van der Waals surface area contributed by atoms with Crippen molar-refractivity contribution < 1.29 is 31.5 Å². The first-order valence-electron chi connectivity index (χ1n) is 5.01. The molecule has 1 rings (SSSR count). The highest BCUT2D eigenvalue weighted by molar-refractivity contribution is 9.09. The van der Waals surface area contributed by atoms with Crippen LogP contribution in [0.1, 0.15) is 22.3 Å². The van der Waals surface area contributed by atoms with E-state index in [1.807, 2.05) is 0 Å².